The molecule has 4 aliphatic carbocycles. The first kappa shape index (κ1) is 14.8. The first-order valence-electron chi connectivity index (χ1n) is 8.27. The molecule has 4 fully saturated rings. The van der Waals surface area contributed by atoms with Crippen LogP contribution in [0.25, 0.3) is 0 Å². The summed E-state index contributed by atoms with van der Waals surface area (Å²) in [4.78, 5) is 12.6. The molecule has 1 N–H and O–H groups in total. The van der Waals surface area contributed by atoms with E-state index in [4.69, 9.17) is 23.2 Å². The predicted octanol–water partition coefficient (Wildman–Crippen LogP) is 4.62. The standard InChI is InChI=1S/C18H21Cl2NO/c19-15-2-1-3-16(20)14(15)7-17(22)21-18-8-11-4-12(9-18)6-13(5-11)10-18/h1-3,11-13H,4-10H2,(H,21,22). The first-order valence-corrected chi connectivity index (χ1v) is 9.02. The fourth-order valence-corrected chi connectivity index (χ4v) is 6.00. The zero-order valence-corrected chi connectivity index (χ0v) is 14.1. The molecule has 4 saturated carbocycles. The SMILES string of the molecule is O=C(Cc1c(Cl)cccc1Cl)NC12CC3CC(CC(C3)C1)C2. The Morgan fingerprint density at radius 2 is 1.55 bits per heavy atom. The van der Waals surface area contributed by atoms with Gasteiger partial charge in [0.1, 0.15) is 0 Å². The second kappa shape index (κ2) is 5.42. The number of hydrogen-bond acceptors (Lipinski definition) is 1. The Bertz CT molecular complexity index is 558. The van der Waals surface area contributed by atoms with Crippen LogP contribution < -0.4 is 5.32 Å². The highest BCUT2D eigenvalue weighted by Crippen LogP contribution is 2.55. The first-order chi connectivity index (χ1) is 10.5. The number of hydrogen-bond donors (Lipinski definition) is 1. The third-order valence-corrected chi connectivity index (χ3v) is 6.55. The molecular weight excluding hydrogens is 317 g/mol. The second-order valence-corrected chi connectivity index (χ2v) is 8.44. The van der Waals surface area contributed by atoms with Crippen molar-refractivity contribution in [3.05, 3.63) is 33.8 Å². The third kappa shape index (κ3) is 2.65. The molecule has 5 rings (SSSR count). The zero-order chi connectivity index (χ0) is 15.3. The highest BCUT2D eigenvalue weighted by Gasteiger charge is 2.51. The molecule has 0 saturated heterocycles. The average Bonchev–Trinajstić information content (AvgIpc) is 2.41. The molecule has 0 aliphatic heterocycles. The van der Waals surface area contributed by atoms with Crippen molar-refractivity contribution in [2.24, 2.45) is 17.8 Å². The van der Waals surface area contributed by atoms with E-state index in [1.807, 2.05) is 6.07 Å². The largest absolute Gasteiger partial charge is 0.350 e. The van der Waals surface area contributed by atoms with Gasteiger partial charge in [0.2, 0.25) is 5.91 Å². The van der Waals surface area contributed by atoms with Gasteiger partial charge in [-0.05, 0) is 74.0 Å². The van der Waals surface area contributed by atoms with Crippen LogP contribution in [0.3, 0.4) is 0 Å². The van der Waals surface area contributed by atoms with Crippen molar-refractivity contribution in [3.8, 4) is 0 Å². The van der Waals surface area contributed by atoms with Gasteiger partial charge in [0.25, 0.3) is 0 Å². The molecular formula is C18H21Cl2NO. The second-order valence-electron chi connectivity index (χ2n) is 7.62. The molecule has 0 aromatic heterocycles. The van der Waals surface area contributed by atoms with Gasteiger partial charge in [-0.3, -0.25) is 4.79 Å². The van der Waals surface area contributed by atoms with Crippen molar-refractivity contribution in [2.75, 3.05) is 0 Å². The van der Waals surface area contributed by atoms with Crippen LogP contribution in [0.15, 0.2) is 18.2 Å². The molecule has 2 nitrogen and oxygen atoms in total. The molecule has 0 spiro atoms. The van der Waals surface area contributed by atoms with Gasteiger partial charge >= 0.3 is 0 Å². The van der Waals surface area contributed by atoms with Gasteiger partial charge in [-0.15, -0.1) is 0 Å². The van der Waals surface area contributed by atoms with Gasteiger partial charge in [-0.2, -0.15) is 0 Å². The molecule has 1 amide bonds. The Balaban J connectivity index is 1.48. The summed E-state index contributed by atoms with van der Waals surface area (Å²) in [5.74, 6) is 2.55. The van der Waals surface area contributed by atoms with Gasteiger partial charge in [-0.25, -0.2) is 0 Å². The molecule has 1 aromatic rings. The van der Waals surface area contributed by atoms with Crippen LogP contribution in [0.4, 0.5) is 0 Å². The third-order valence-electron chi connectivity index (χ3n) is 5.84. The van der Waals surface area contributed by atoms with Crippen LogP contribution in [-0.2, 0) is 11.2 Å². The van der Waals surface area contributed by atoms with E-state index in [-0.39, 0.29) is 17.9 Å². The Hall–Kier alpha value is -0.730. The van der Waals surface area contributed by atoms with Crippen LogP contribution in [0.2, 0.25) is 10.0 Å². The number of amides is 1. The number of carbonyl (C=O) groups is 1. The lowest BCUT2D eigenvalue weighted by molar-refractivity contribution is -0.126. The highest BCUT2D eigenvalue weighted by atomic mass is 35.5. The Kier molecular flexibility index (Phi) is 3.65. The fraction of sp³-hybridized carbons (Fsp3) is 0.611. The van der Waals surface area contributed by atoms with Gasteiger partial charge in [-0.1, -0.05) is 29.3 Å². The lowest BCUT2D eigenvalue weighted by Crippen LogP contribution is -2.60. The zero-order valence-electron chi connectivity index (χ0n) is 12.6. The lowest BCUT2D eigenvalue weighted by atomic mass is 9.53. The molecule has 118 valence electrons. The molecule has 22 heavy (non-hydrogen) atoms. The van der Waals surface area contributed by atoms with E-state index >= 15 is 0 Å². The van der Waals surface area contributed by atoms with Crippen molar-refractivity contribution in [2.45, 2.75) is 50.5 Å². The summed E-state index contributed by atoms with van der Waals surface area (Å²) in [5, 5.41) is 4.53. The number of halogens is 2. The Morgan fingerprint density at radius 1 is 1.05 bits per heavy atom. The summed E-state index contributed by atoms with van der Waals surface area (Å²) in [5.41, 5.74) is 0.799. The van der Waals surface area contributed by atoms with Crippen LogP contribution in [-0.4, -0.2) is 11.4 Å². The lowest BCUT2D eigenvalue weighted by Gasteiger charge is -2.56. The maximum absolute atomic E-state index is 12.6. The Labute approximate surface area is 141 Å². The molecule has 4 bridgehead atoms. The van der Waals surface area contributed by atoms with Crippen molar-refractivity contribution >= 4 is 29.1 Å². The van der Waals surface area contributed by atoms with Crippen LogP contribution in [0.1, 0.15) is 44.1 Å². The van der Waals surface area contributed by atoms with Gasteiger partial charge in [0.05, 0.1) is 6.42 Å². The number of benzene rings is 1. The summed E-state index contributed by atoms with van der Waals surface area (Å²) in [6.45, 7) is 0. The van der Waals surface area contributed by atoms with E-state index in [0.29, 0.717) is 10.0 Å². The van der Waals surface area contributed by atoms with Crippen molar-refractivity contribution < 1.29 is 4.79 Å². The van der Waals surface area contributed by atoms with E-state index in [1.165, 1.54) is 38.5 Å². The van der Waals surface area contributed by atoms with Crippen LogP contribution in [0.5, 0.6) is 0 Å². The summed E-state index contributed by atoms with van der Waals surface area (Å²) in [6, 6.07) is 5.40. The summed E-state index contributed by atoms with van der Waals surface area (Å²) >= 11 is 12.4. The predicted molar refractivity (Wildman–Crippen MR) is 89.2 cm³/mol. The topological polar surface area (TPSA) is 29.1 Å². The van der Waals surface area contributed by atoms with Crippen LogP contribution in [0, 0.1) is 17.8 Å². The normalized spacial score (nSPS) is 35.6. The maximum Gasteiger partial charge on any atom is 0.224 e. The van der Waals surface area contributed by atoms with E-state index < -0.39 is 0 Å². The van der Waals surface area contributed by atoms with Crippen LogP contribution >= 0.6 is 23.2 Å². The number of nitrogens with one attached hydrogen (secondary N) is 1. The minimum Gasteiger partial charge on any atom is -0.350 e. The smallest absolute Gasteiger partial charge is 0.224 e. The van der Waals surface area contributed by atoms with E-state index in [2.05, 4.69) is 5.32 Å². The fourth-order valence-electron chi connectivity index (χ4n) is 5.47. The monoisotopic (exact) mass is 337 g/mol. The molecule has 0 radical (unpaired) electrons. The average molecular weight is 338 g/mol. The molecule has 4 heteroatoms. The van der Waals surface area contributed by atoms with E-state index in [0.717, 1.165) is 23.3 Å². The quantitative estimate of drug-likeness (QED) is 0.856. The van der Waals surface area contributed by atoms with Gasteiger partial charge in [0, 0.05) is 15.6 Å². The molecule has 0 heterocycles. The summed E-state index contributed by atoms with van der Waals surface area (Å²) in [7, 11) is 0. The molecule has 1 aromatic carbocycles. The minimum absolute atomic E-state index is 0.0551. The van der Waals surface area contributed by atoms with E-state index in [1.54, 1.807) is 12.1 Å². The highest BCUT2D eigenvalue weighted by molar-refractivity contribution is 6.36. The van der Waals surface area contributed by atoms with Crippen molar-refractivity contribution in [1.82, 2.24) is 5.32 Å². The molecule has 4 aliphatic rings. The van der Waals surface area contributed by atoms with E-state index in [9.17, 15) is 4.79 Å². The van der Waals surface area contributed by atoms with Gasteiger partial charge in [0.15, 0.2) is 0 Å². The Morgan fingerprint density at radius 3 is 2.05 bits per heavy atom. The summed E-state index contributed by atoms with van der Waals surface area (Å²) in [6.07, 6.45) is 7.92. The minimum atomic E-state index is 0.0551. The number of rotatable bonds is 3. The molecule has 0 atom stereocenters. The molecule has 0 unspecified atom stereocenters. The number of carbonyl (C=O) groups excluding carboxylic acids is 1. The van der Waals surface area contributed by atoms with Crippen molar-refractivity contribution in [1.29, 1.82) is 0 Å². The summed E-state index contributed by atoms with van der Waals surface area (Å²) < 4.78 is 0. The van der Waals surface area contributed by atoms with Gasteiger partial charge < -0.3 is 5.32 Å². The maximum atomic E-state index is 12.6. The van der Waals surface area contributed by atoms with Crippen molar-refractivity contribution in [3.63, 3.8) is 0 Å².